The fraction of sp³-hybridized carbons (Fsp3) is 0.278. The van der Waals surface area contributed by atoms with Crippen molar-refractivity contribution < 1.29 is 0 Å². The molecule has 0 radical (unpaired) electrons. The van der Waals surface area contributed by atoms with E-state index in [4.69, 9.17) is 0 Å². The molecular formula is C18H20N4. The van der Waals surface area contributed by atoms with Crippen LogP contribution in [0.3, 0.4) is 0 Å². The first-order valence-corrected chi connectivity index (χ1v) is 7.83. The smallest absolute Gasteiger partial charge is 0.137 e. The first-order valence-electron chi connectivity index (χ1n) is 7.83. The summed E-state index contributed by atoms with van der Waals surface area (Å²) in [5, 5.41) is 1.24. The van der Waals surface area contributed by atoms with Crippen molar-refractivity contribution in [1.82, 2.24) is 14.9 Å². The fourth-order valence-corrected chi connectivity index (χ4v) is 3.19. The van der Waals surface area contributed by atoms with Crippen molar-refractivity contribution in [2.45, 2.75) is 6.54 Å². The topological polar surface area (TPSA) is 35.2 Å². The monoisotopic (exact) mass is 292 g/mol. The Kier molecular flexibility index (Phi) is 3.52. The maximum Gasteiger partial charge on any atom is 0.137 e. The third-order valence-corrected chi connectivity index (χ3v) is 4.42. The molecule has 0 unspecified atom stereocenters. The number of aromatic nitrogens is 2. The van der Waals surface area contributed by atoms with Crippen molar-refractivity contribution in [3.05, 3.63) is 60.4 Å². The lowest BCUT2D eigenvalue weighted by atomic mass is 10.2. The zero-order chi connectivity index (χ0) is 14.8. The van der Waals surface area contributed by atoms with Crippen LogP contribution in [0, 0.1) is 0 Å². The molecular weight excluding hydrogens is 272 g/mol. The molecule has 112 valence electrons. The minimum Gasteiger partial charge on any atom is -0.369 e. The van der Waals surface area contributed by atoms with Crippen molar-refractivity contribution in [3.63, 3.8) is 0 Å². The Hall–Kier alpha value is -2.33. The lowest BCUT2D eigenvalue weighted by molar-refractivity contribution is 0.250. The lowest BCUT2D eigenvalue weighted by Gasteiger charge is -2.36. The zero-order valence-corrected chi connectivity index (χ0v) is 12.6. The summed E-state index contributed by atoms with van der Waals surface area (Å²) in [6.45, 7) is 5.37. The number of benzene rings is 1. The van der Waals surface area contributed by atoms with E-state index in [0.717, 1.165) is 38.4 Å². The maximum absolute atomic E-state index is 4.36. The Morgan fingerprint density at radius 3 is 2.59 bits per heavy atom. The third kappa shape index (κ3) is 2.57. The van der Waals surface area contributed by atoms with Crippen LogP contribution in [0.5, 0.6) is 0 Å². The van der Waals surface area contributed by atoms with E-state index in [1.807, 2.05) is 12.3 Å². The molecule has 4 heteroatoms. The molecule has 1 aliphatic heterocycles. The summed E-state index contributed by atoms with van der Waals surface area (Å²) in [7, 11) is 0. The van der Waals surface area contributed by atoms with Crippen LogP contribution in [-0.4, -0.2) is 41.0 Å². The van der Waals surface area contributed by atoms with Gasteiger partial charge in [0.2, 0.25) is 0 Å². The largest absolute Gasteiger partial charge is 0.369 e. The van der Waals surface area contributed by atoms with E-state index in [1.165, 1.54) is 16.6 Å². The van der Waals surface area contributed by atoms with Gasteiger partial charge in [0, 0.05) is 56.2 Å². The van der Waals surface area contributed by atoms with Crippen molar-refractivity contribution >= 4 is 16.7 Å². The second-order valence-corrected chi connectivity index (χ2v) is 5.81. The van der Waals surface area contributed by atoms with Crippen molar-refractivity contribution in [2.24, 2.45) is 0 Å². The summed E-state index contributed by atoms with van der Waals surface area (Å²) in [5.74, 6) is 0. The molecule has 1 fully saturated rings. The van der Waals surface area contributed by atoms with Gasteiger partial charge in [-0.3, -0.25) is 4.90 Å². The van der Waals surface area contributed by atoms with E-state index in [9.17, 15) is 0 Å². The van der Waals surface area contributed by atoms with E-state index in [1.54, 1.807) is 0 Å². The van der Waals surface area contributed by atoms with Gasteiger partial charge in [0.05, 0.1) is 0 Å². The summed E-state index contributed by atoms with van der Waals surface area (Å²) in [4.78, 5) is 12.6. The number of hydrogen-bond donors (Lipinski definition) is 1. The van der Waals surface area contributed by atoms with Crippen LogP contribution in [0.15, 0.2) is 54.9 Å². The quantitative estimate of drug-likeness (QED) is 0.806. The number of piperazine rings is 1. The summed E-state index contributed by atoms with van der Waals surface area (Å²) < 4.78 is 0. The molecule has 1 N–H and O–H groups in total. The molecule has 3 aromatic rings. The number of hydrogen-bond acceptors (Lipinski definition) is 3. The second-order valence-electron chi connectivity index (χ2n) is 5.81. The van der Waals surface area contributed by atoms with E-state index < -0.39 is 0 Å². The highest BCUT2D eigenvalue weighted by Gasteiger charge is 2.18. The molecule has 0 atom stereocenters. The van der Waals surface area contributed by atoms with E-state index in [2.05, 4.69) is 62.4 Å². The summed E-state index contributed by atoms with van der Waals surface area (Å²) in [5.41, 5.74) is 3.66. The van der Waals surface area contributed by atoms with Crippen molar-refractivity contribution in [3.8, 4) is 0 Å². The normalized spacial score (nSPS) is 16.3. The zero-order valence-electron chi connectivity index (χ0n) is 12.6. The number of anilines is 1. The highest BCUT2D eigenvalue weighted by atomic mass is 15.3. The van der Waals surface area contributed by atoms with Gasteiger partial charge in [0.25, 0.3) is 0 Å². The Balaban J connectivity index is 1.42. The van der Waals surface area contributed by atoms with Gasteiger partial charge in [-0.1, -0.05) is 18.2 Å². The van der Waals surface area contributed by atoms with Crippen LogP contribution in [0.25, 0.3) is 11.0 Å². The van der Waals surface area contributed by atoms with Crippen LogP contribution in [0.2, 0.25) is 0 Å². The Bertz CT molecular complexity index is 742. The standard InChI is InChI=1S/C18H20N4/c1-2-5-16(6-3-1)22-11-9-21(10-12-22)14-15-13-20-18-17(15)7-4-8-19-18/h1-8,13H,9-12,14H2,(H,19,20). The number of H-pyrrole nitrogens is 1. The van der Waals surface area contributed by atoms with Crippen LogP contribution in [0.1, 0.15) is 5.56 Å². The number of nitrogens with one attached hydrogen (secondary N) is 1. The molecule has 1 saturated heterocycles. The third-order valence-electron chi connectivity index (χ3n) is 4.42. The van der Waals surface area contributed by atoms with Gasteiger partial charge < -0.3 is 9.88 Å². The molecule has 1 aliphatic rings. The highest BCUT2D eigenvalue weighted by molar-refractivity contribution is 5.79. The molecule has 0 saturated carbocycles. The molecule has 4 nitrogen and oxygen atoms in total. The molecule has 0 spiro atoms. The number of para-hydroxylation sites is 1. The Labute approximate surface area is 130 Å². The molecule has 1 aromatic carbocycles. The molecule has 0 aliphatic carbocycles. The average Bonchev–Trinajstić information content (AvgIpc) is 3.00. The predicted molar refractivity (Wildman–Crippen MR) is 90.0 cm³/mol. The SMILES string of the molecule is c1ccc(N2CCN(Cc3c[nH]c4ncccc34)CC2)cc1. The first kappa shape index (κ1) is 13.3. The van der Waals surface area contributed by atoms with Gasteiger partial charge in [-0.05, 0) is 29.8 Å². The number of pyridine rings is 1. The van der Waals surface area contributed by atoms with E-state index in [-0.39, 0.29) is 0 Å². The second kappa shape index (κ2) is 5.81. The molecule has 4 rings (SSSR count). The number of fused-ring (bicyclic) bond motifs is 1. The Morgan fingerprint density at radius 1 is 0.955 bits per heavy atom. The van der Waals surface area contributed by atoms with Crippen molar-refractivity contribution in [1.29, 1.82) is 0 Å². The van der Waals surface area contributed by atoms with Gasteiger partial charge in [-0.15, -0.1) is 0 Å². The minimum absolute atomic E-state index is 0.987. The molecule has 22 heavy (non-hydrogen) atoms. The molecule has 3 heterocycles. The van der Waals surface area contributed by atoms with Crippen LogP contribution in [-0.2, 0) is 6.54 Å². The van der Waals surface area contributed by atoms with Crippen LogP contribution >= 0.6 is 0 Å². The van der Waals surface area contributed by atoms with Crippen molar-refractivity contribution in [2.75, 3.05) is 31.1 Å². The highest BCUT2D eigenvalue weighted by Crippen LogP contribution is 2.20. The number of rotatable bonds is 3. The summed E-state index contributed by atoms with van der Waals surface area (Å²) in [6, 6.07) is 14.8. The van der Waals surface area contributed by atoms with Crippen LogP contribution in [0.4, 0.5) is 5.69 Å². The Morgan fingerprint density at radius 2 is 1.77 bits per heavy atom. The van der Waals surface area contributed by atoms with Gasteiger partial charge in [0.15, 0.2) is 0 Å². The molecule has 2 aromatic heterocycles. The summed E-state index contributed by atoms with van der Waals surface area (Å²) in [6.07, 6.45) is 3.93. The van der Waals surface area contributed by atoms with Crippen LogP contribution < -0.4 is 4.90 Å². The van der Waals surface area contributed by atoms with E-state index in [0.29, 0.717) is 0 Å². The number of aromatic amines is 1. The lowest BCUT2D eigenvalue weighted by Crippen LogP contribution is -2.45. The number of nitrogens with zero attached hydrogens (tertiary/aromatic N) is 3. The average molecular weight is 292 g/mol. The minimum atomic E-state index is 0.987. The van der Waals surface area contributed by atoms with Gasteiger partial charge in [-0.2, -0.15) is 0 Å². The fourth-order valence-electron chi connectivity index (χ4n) is 3.19. The predicted octanol–water partition coefficient (Wildman–Crippen LogP) is 2.89. The van der Waals surface area contributed by atoms with Gasteiger partial charge >= 0.3 is 0 Å². The van der Waals surface area contributed by atoms with Gasteiger partial charge in [0.1, 0.15) is 5.65 Å². The maximum atomic E-state index is 4.36. The van der Waals surface area contributed by atoms with Gasteiger partial charge in [-0.25, -0.2) is 4.98 Å². The first-order chi connectivity index (χ1) is 10.9. The molecule has 0 amide bonds. The summed E-state index contributed by atoms with van der Waals surface area (Å²) >= 11 is 0. The molecule has 0 bridgehead atoms. The van der Waals surface area contributed by atoms with E-state index >= 15 is 0 Å².